The lowest BCUT2D eigenvalue weighted by Crippen LogP contribution is -2.17. The molecule has 0 spiro atoms. The normalized spacial score (nSPS) is 11.1. The Morgan fingerprint density at radius 3 is 2.07 bits per heavy atom. The van der Waals surface area contributed by atoms with Gasteiger partial charge in [0.1, 0.15) is 5.75 Å². The monoisotopic (exact) mass is 202 g/mol. The topological polar surface area (TPSA) is 26.3 Å². The predicted octanol–water partition coefficient (Wildman–Crippen LogP) is 2.48. The van der Waals surface area contributed by atoms with Gasteiger partial charge in [-0.15, -0.1) is 13.2 Å². The molecule has 14 heavy (non-hydrogen) atoms. The molecule has 0 bridgehead atoms. The Hall–Kier alpha value is -1.52. The van der Waals surface area contributed by atoms with Crippen molar-refractivity contribution in [3.63, 3.8) is 0 Å². The Kier molecular flexibility index (Phi) is 2.78. The number of rotatable bonds is 2. The molecule has 0 fully saturated rings. The van der Waals surface area contributed by atoms with E-state index in [1.54, 1.807) is 0 Å². The number of benzene rings is 1. The Bertz CT molecular complexity index is 327. The highest BCUT2D eigenvalue weighted by atomic mass is 19.4. The van der Waals surface area contributed by atoms with Crippen LogP contribution in [0.4, 0.5) is 13.2 Å². The summed E-state index contributed by atoms with van der Waals surface area (Å²) in [5.74, 6) is -1.09. The van der Waals surface area contributed by atoms with Gasteiger partial charge in [-0.2, -0.15) is 0 Å². The molecule has 0 saturated heterocycles. The largest absolute Gasteiger partial charge is 0.573 e. The highest BCUT2D eigenvalue weighted by molar-refractivity contribution is 5.99. The van der Waals surface area contributed by atoms with Crippen LogP contribution in [0.5, 0.6) is 5.75 Å². The van der Waals surface area contributed by atoms with Gasteiger partial charge in [0, 0.05) is 12.5 Å². The first-order valence-electron chi connectivity index (χ1n) is 3.54. The zero-order chi connectivity index (χ0) is 10.8. The first-order chi connectivity index (χ1) is 6.38. The number of Topliss-reactive ketones (excluding diaryl/α,β-unsaturated/α-hetero) is 1. The second kappa shape index (κ2) is 3.69. The van der Waals surface area contributed by atoms with Crippen molar-refractivity contribution in [1.29, 1.82) is 0 Å². The second-order valence-electron chi connectivity index (χ2n) is 2.44. The molecule has 1 rings (SSSR count). The fourth-order valence-corrected chi connectivity index (χ4v) is 0.821. The number of halogens is 3. The zero-order valence-corrected chi connectivity index (χ0v) is 6.84. The summed E-state index contributed by atoms with van der Waals surface area (Å²) in [5.41, 5.74) is 0.125. The molecular weight excluding hydrogens is 197 g/mol. The number of carbonyl (C=O) groups is 1. The number of hydrogen-bond donors (Lipinski definition) is 0. The lowest BCUT2D eigenvalue weighted by molar-refractivity contribution is -0.274. The van der Waals surface area contributed by atoms with Crippen LogP contribution in [0.2, 0.25) is 0 Å². The molecule has 1 aromatic rings. The van der Waals surface area contributed by atoms with E-state index in [0.29, 0.717) is 0 Å². The quantitative estimate of drug-likeness (QED) is 0.688. The maximum absolute atomic E-state index is 11.7. The third-order valence-electron chi connectivity index (χ3n) is 1.37. The van der Waals surface area contributed by atoms with Gasteiger partial charge in [0.2, 0.25) is 0 Å². The first-order valence-corrected chi connectivity index (χ1v) is 3.54. The SMILES string of the molecule is [CH]C(=O)c1ccc(OC(F)(F)F)cc1. The van der Waals surface area contributed by atoms with Crippen molar-refractivity contribution in [3.8, 4) is 5.75 Å². The highest BCUT2D eigenvalue weighted by Gasteiger charge is 2.30. The predicted molar refractivity (Wildman–Crippen MR) is 41.8 cm³/mol. The summed E-state index contributed by atoms with van der Waals surface area (Å²) in [6, 6.07) is 4.36. The number of ketones is 1. The molecule has 0 saturated carbocycles. The molecule has 0 aromatic heterocycles. The summed E-state index contributed by atoms with van der Waals surface area (Å²) in [7, 11) is 0. The van der Waals surface area contributed by atoms with E-state index in [1.807, 2.05) is 0 Å². The Morgan fingerprint density at radius 2 is 1.71 bits per heavy atom. The Labute approximate surface area is 78.3 Å². The molecule has 5 heteroatoms. The molecule has 74 valence electrons. The van der Waals surface area contributed by atoms with Crippen molar-refractivity contribution in [2.24, 2.45) is 0 Å². The van der Waals surface area contributed by atoms with Crippen molar-refractivity contribution in [1.82, 2.24) is 0 Å². The Morgan fingerprint density at radius 1 is 1.21 bits per heavy atom. The summed E-state index contributed by atoms with van der Waals surface area (Å²) in [5, 5.41) is 0. The van der Waals surface area contributed by atoms with Crippen molar-refractivity contribution in [2.45, 2.75) is 6.36 Å². The fourth-order valence-electron chi connectivity index (χ4n) is 0.821. The standard InChI is InChI=1S/C9H5F3O2/c1-6(13)7-2-4-8(5-3-7)14-9(10,11)12/h1-5H. The maximum atomic E-state index is 11.7. The molecule has 0 aliphatic carbocycles. The zero-order valence-electron chi connectivity index (χ0n) is 6.84. The molecule has 2 radical (unpaired) electrons. The van der Waals surface area contributed by atoms with Gasteiger partial charge in [-0.3, -0.25) is 4.79 Å². The number of alkyl halides is 3. The van der Waals surface area contributed by atoms with Crippen molar-refractivity contribution >= 4 is 5.78 Å². The number of carbonyl (C=O) groups excluding carboxylic acids is 1. The maximum Gasteiger partial charge on any atom is 0.573 e. The third-order valence-corrected chi connectivity index (χ3v) is 1.37. The lowest BCUT2D eigenvalue weighted by atomic mass is 10.1. The van der Waals surface area contributed by atoms with Gasteiger partial charge in [-0.25, -0.2) is 0 Å². The fraction of sp³-hybridized carbons (Fsp3) is 0.111. The van der Waals surface area contributed by atoms with Crippen LogP contribution in [-0.4, -0.2) is 12.1 Å². The van der Waals surface area contributed by atoms with Crippen molar-refractivity contribution in [2.75, 3.05) is 0 Å². The van der Waals surface area contributed by atoms with Gasteiger partial charge in [0.25, 0.3) is 0 Å². The van der Waals surface area contributed by atoms with Crippen LogP contribution in [0.3, 0.4) is 0 Å². The van der Waals surface area contributed by atoms with Gasteiger partial charge in [0.15, 0.2) is 5.78 Å². The molecule has 1 aromatic carbocycles. The first kappa shape index (κ1) is 10.6. The second-order valence-corrected chi connectivity index (χ2v) is 2.44. The molecule has 0 N–H and O–H groups in total. The van der Waals surface area contributed by atoms with E-state index in [9.17, 15) is 18.0 Å². The highest BCUT2D eigenvalue weighted by Crippen LogP contribution is 2.22. The molecule has 0 atom stereocenters. The molecular formula is C9H5F3O2. The minimum absolute atomic E-state index is 0.125. The smallest absolute Gasteiger partial charge is 0.406 e. The van der Waals surface area contributed by atoms with E-state index in [2.05, 4.69) is 4.74 Å². The van der Waals surface area contributed by atoms with Crippen LogP contribution in [-0.2, 0) is 0 Å². The summed E-state index contributed by atoms with van der Waals surface area (Å²) >= 11 is 0. The third kappa shape index (κ3) is 3.08. The van der Waals surface area contributed by atoms with Gasteiger partial charge in [-0.05, 0) is 24.3 Å². The van der Waals surface area contributed by atoms with Crippen LogP contribution in [0.15, 0.2) is 24.3 Å². The van der Waals surface area contributed by atoms with Crippen molar-refractivity contribution in [3.05, 3.63) is 36.8 Å². The summed E-state index contributed by atoms with van der Waals surface area (Å²) in [6.07, 6.45) is -4.73. The van der Waals surface area contributed by atoms with Crippen LogP contribution in [0, 0.1) is 6.92 Å². The molecule has 0 heterocycles. The van der Waals surface area contributed by atoms with Crippen LogP contribution in [0.25, 0.3) is 0 Å². The number of hydrogen-bond acceptors (Lipinski definition) is 2. The molecule has 0 aliphatic rings. The van der Waals surface area contributed by atoms with Gasteiger partial charge in [-0.1, -0.05) is 0 Å². The van der Waals surface area contributed by atoms with Gasteiger partial charge in [0.05, 0.1) is 0 Å². The molecule has 0 unspecified atom stereocenters. The summed E-state index contributed by atoms with van der Waals surface area (Å²) in [6.45, 7) is 4.89. The minimum atomic E-state index is -4.73. The van der Waals surface area contributed by atoms with Crippen LogP contribution >= 0.6 is 0 Å². The van der Waals surface area contributed by atoms with Gasteiger partial charge >= 0.3 is 6.36 Å². The average molecular weight is 202 g/mol. The Balaban J connectivity index is 2.79. The van der Waals surface area contributed by atoms with E-state index >= 15 is 0 Å². The van der Waals surface area contributed by atoms with Gasteiger partial charge < -0.3 is 4.74 Å². The number of ether oxygens (including phenoxy) is 1. The average Bonchev–Trinajstić information content (AvgIpc) is 2.02. The summed E-state index contributed by atoms with van der Waals surface area (Å²) in [4.78, 5) is 10.6. The minimum Gasteiger partial charge on any atom is -0.406 e. The van der Waals surface area contributed by atoms with Crippen LogP contribution in [0.1, 0.15) is 10.4 Å². The van der Waals surface area contributed by atoms with E-state index in [0.717, 1.165) is 24.3 Å². The van der Waals surface area contributed by atoms with E-state index < -0.39 is 12.1 Å². The lowest BCUT2D eigenvalue weighted by Gasteiger charge is -2.08. The molecule has 0 aliphatic heterocycles. The summed E-state index contributed by atoms with van der Waals surface area (Å²) < 4.78 is 38.6. The van der Waals surface area contributed by atoms with E-state index in [4.69, 9.17) is 6.92 Å². The van der Waals surface area contributed by atoms with Crippen molar-refractivity contribution < 1.29 is 22.7 Å². The molecule has 0 amide bonds. The van der Waals surface area contributed by atoms with E-state index in [1.165, 1.54) is 0 Å². The van der Waals surface area contributed by atoms with E-state index in [-0.39, 0.29) is 11.3 Å². The van der Waals surface area contributed by atoms with Crippen LogP contribution < -0.4 is 4.74 Å². The molecule has 2 nitrogen and oxygen atoms in total.